The highest BCUT2D eigenvalue weighted by molar-refractivity contribution is 6.02. The average molecular weight is 384 g/mol. The highest BCUT2D eigenvalue weighted by Crippen LogP contribution is 2.08. The van der Waals surface area contributed by atoms with Crippen LogP contribution in [0, 0.1) is 0 Å². The minimum atomic E-state index is -1.56. The second-order valence-corrected chi connectivity index (χ2v) is 6.28. The van der Waals surface area contributed by atoms with Crippen LogP contribution in [0.5, 0.6) is 0 Å². The zero-order chi connectivity index (χ0) is 20.4. The number of amides is 1. The number of aliphatic carboxylic acids is 1. The van der Waals surface area contributed by atoms with Crippen molar-refractivity contribution in [1.82, 2.24) is 10.6 Å². The van der Waals surface area contributed by atoms with Gasteiger partial charge in [0, 0.05) is 13.3 Å². The van der Waals surface area contributed by atoms with Crippen molar-refractivity contribution in [2.24, 2.45) is 0 Å². The van der Waals surface area contributed by atoms with Crippen LogP contribution in [-0.2, 0) is 32.2 Å². The number of carboxylic acids is 1. The summed E-state index contributed by atoms with van der Waals surface area (Å²) in [4.78, 5) is 41.0. The molecule has 1 amide bonds. The normalized spacial score (nSPS) is 11.6. The van der Waals surface area contributed by atoms with E-state index in [0.29, 0.717) is 18.0 Å². The molecule has 0 aliphatic carbocycles. The number of carbonyl (C=O) groups excluding carboxylic acids is 2. The maximum Gasteiger partial charge on any atom is 0.330 e. The molecule has 2 rings (SSSR count). The summed E-state index contributed by atoms with van der Waals surface area (Å²) < 4.78 is 0. The molecule has 0 saturated carbocycles. The number of hydrogen-bond donors (Lipinski definition) is 2. The van der Waals surface area contributed by atoms with Crippen molar-refractivity contribution < 1.29 is 24.3 Å². The summed E-state index contributed by atoms with van der Waals surface area (Å²) in [6, 6.07) is 17.2. The second-order valence-electron chi connectivity index (χ2n) is 6.28. The summed E-state index contributed by atoms with van der Waals surface area (Å²) in [6.07, 6.45) is 1.25. The monoisotopic (exact) mass is 384 g/mol. The third kappa shape index (κ3) is 6.94. The van der Waals surface area contributed by atoms with E-state index in [-0.39, 0.29) is 13.0 Å². The molecular formula is C21H24N2O5. The van der Waals surface area contributed by atoms with Crippen LogP contribution in [0.15, 0.2) is 60.7 Å². The topological polar surface area (TPSA) is 95.9 Å². The molecule has 0 fully saturated rings. The molecule has 7 nitrogen and oxygen atoms in total. The minimum Gasteiger partial charge on any atom is -0.480 e. The summed E-state index contributed by atoms with van der Waals surface area (Å²) in [5, 5.41) is 10.1. The van der Waals surface area contributed by atoms with Gasteiger partial charge in [-0.3, -0.25) is 14.4 Å². The number of carboxylic acid groups (broad SMARTS) is 1. The number of ketones is 1. The molecule has 0 saturated heterocycles. The van der Waals surface area contributed by atoms with E-state index in [0.717, 1.165) is 11.1 Å². The van der Waals surface area contributed by atoms with Crippen LogP contribution in [0.25, 0.3) is 0 Å². The molecule has 28 heavy (non-hydrogen) atoms. The van der Waals surface area contributed by atoms with Crippen LogP contribution in [0.1, 0.15) is 30.9 Å². The number of Topliss-reactive ketones (excluding diaryl/α,β-unsaturated/α-hetero) is 1. The largest absolute Gasteiger partial charge is 0.480 e. The van der Waals surface area contributed by atoms with Gasteiger partial charge in [-0.2, -0.15) is 5.43 Å². The summed E-state index contributed by atoms with van der Waals surface area (Å²) in [6.45, 7) is 1.28. The Balaban J connectivity index is 1.91. The predicted molar refractivity (Wildman–Crippen MR) is 103 cm³/mol. The zero-order valence-corrected chi connectivity index (χ0v) is 15.7. The molecule has 2 aromatic carbocycles. The van der Waals surface area contributed by atoms with Gasteiger partial charge in [-0.05, 0) is 24.0 Å². The Labute approximate surface area is 163 Å². The molecule has 1 unspecified atom stereocenters. The first-order valence-corrected chi connectivity index (χ1v) is 9.00. The van der Waals surface area contributed by atoms with E-state index < -0.39 is 23.7 Å². The van der Waals surface area contributed by atoms with Gasteiger partial charge in [0.1, 0.15) is 6.61 Å². The number of hydrazine groups is 1. The predicted octanol–water partition coefficient (Wildman–Crippen LogP) is 2.52. The van der Waals surface area contributed by atoms with E-state index in [1.54, 1.807) is 0 Å². The van der Waals surface area contributed by atoms with Crippen molar-refractivity contribution in [3.05, 3.63) is 71.8 Å². The Kier molecular flexibility index (Phi) is 8.33. The highest BCUT2D eigenvalue weighted by Gasteiger charge is 2.29. The lowest BCUT2D eigenvalue weighted by atomic mass is 10.0. The molecule has 0 aliphatic heterocycles. The van der Waals surface area contributed by atoms with E-state index >= 15 is 0 Å². The molecular weight excluding hydrogens is 360 g/mol. The number of aryl methyl sites for hydroxylation is 1. The molecule has 0 bridgehead atoms. The fourth-order valence-electron chi connectivity index (χ4n) is 2.57. The number of nitrogens with one attached hydrogen (secondary N) is 1. The third-order valence-electron chi connectivity index (χ3n) is 4.04. The van der Waals surface area contributed by atoms with Gasteiger partial charge in [0.15, 0.2) is 11.8 Å². The summed E-state index contributed by atoms with van der Waals surface area (Å²) in [5.74, 6) is -2.43. The molecule has 7 heteroatoms. The van der Waals surface area contributed by atoms with E-state index in [2.05, 4.69) is 5.43 Å². The number of carbonyl (C=O) groups is 3. The van der Waals surface area contributed by atoms with Crippen molar-refractivity contribution in [2.75, 3.05) is 0 Å². The van der Waals surface area contributed by atoms with Gasteiger partial charge in [0.05, 0.1) is 0 Å². The van der Waals surface area contributed by atoms with Gasteiger partial charge in [0.2, 0.25) is 0 Å². The maximum absolute atomic E-state index is 12.4. The van der Waals surface area contributed by atoms with E-state index in [1.807, 2.05) is 60.7 Å². The number of benzene rings is 2. The molecule has 148 valence electrons. The van der Waals surface area contributed by atoms with E-state index in [4.69, 9.17) is 4.84 Å². The quantitative estimate of drug-likeness (QED) is 0.457. The van der Waals surface area contributed by atoms with Crippen LogP contribution >= 0.6 is 0 Å². The van der Waals surface area contributed by atoms with Gasteiger partial charge in [-0.25, -0.2) is 4.79 Å². The summed E-state index contributed by atoms with van der Waals surface area (Å²) in [5.41, 5.74) is 4.26. The van der Waals surface area contributed by atoms with Crippen molar-refractivity contribution in [3.8, 4) is 0 Å². The van der Waals surface area contributed by atoms with Crippen LogP contribution < -0.4 is 5.43 Å². The smallest absolute Gasteiger partial charge is 0.330 e. The fraction of sp³-hybridized carbons (Fsp3) is 0.286. The first-order chi connectivity index (χ1) is 13.5. The SMILES string of the molecule is CC(=O)N(NC(C(=O)O)C(=O)CCCc1ccccc1)OCc1ccccc1. The van der Waals surface area contributed by atoms with Gasteiger partial charge in [0.25, 0.3) is 5.91 Å². The summed E-state index contributed by atoms with van der Waals surface area (Å²) >= 11 is 0. The molecule has 1 atom stereocenters. The molecule has 2 N–H and O–H groups in total. The molecule has 0 aliphatic rings. The average Bonchev–Trinajstić information content (AvgIpc) is 2.69. The van der Waals surface area contributed by atoms with Crippen LogP contribution in [0.3, 0.4) is 0 Å². The second kappa shape index (κ2) is 11.0. The lowest BCUT2D eigenvalue weighted by Gasteiger charge is -2.24. The van der Waals surface area contributed by atoms with Crippen LogP contribution in [0.4, 0.5) is 0 Å². The van der Waals surface area contributed by atoms with Crippen molar-refractivity contribution in [3.63, 3.8) is 0 Å². The Morgan fingerprint density at radius 1 is 1.00 bits per heavy atom. The lowest BCUT2D eigenvalue weighted by Crippen LogP contribution is -2.53. The molecule has 0 spiro atoms. The summed E-state index contributed by atoms with van der Waals surface area (Å²) in [7, 11) is 0. The Morgan fingerprint density at radius 2 is 1.57 bits per heavy atom. The molecule has 0 radical (unpaired) electrons. The third-order valence-corrected chi connectivity index (χ3v) is 4.04. The molecule has 0 aromatic heterocycles. The van der Waals surface area contributed by atoms with Gasteiger partial charge >= 0.3 is 5.97 Å². The molecule has 2 aromatic rings. The van der Waals surface area contributed by atoms with Crippen molar-refractivity contribution >= 4 is 17.7 Å². The number of nitrogens with zero attached hydrogens (tertiary/aromatic N) is 1. The number of hydrogen-bond acceptors (Lipinski definition) is 5. The van der Waals surface area contributed by atoms with Crippen LogP contribution in [-0.4, -0.2) is 34.0 Å². The van der Waals surface area contributed by atoms with Gasteiger partial charge in [-0.1, -0.05) is 60.7 Å². The standard InChI is InChI=1S/C21H24N2O5/c1-16(24)23(28-15-18-11-6-3-7-12-18)22-20(21(26)27)19(25)14-8-13-17-9-4-2-5-10-17/h2-7,9-12,20,22H,8,13-15H2,1H3,(H,26,27). The fourth-order valence-corrected chi connectivity index (χ4v) is 2.57. The van der Waals surface area contributed by atoms with Crippen molar-refractivity contribution in [2.45, 2.75) is 38.8 Å². The maximum atomic E-state index is 12.4. The Morgan fingerprint density at radius 3 is 2.11 bits per heavy atom. The van der Waals surface area contributed by atoms with E-state index in [9.17, 15) is 19.5 Å². The van der Waals surface area contributed by atoms with E-state index in [1.165, 1.54) is 6.92 Å². The molecule has 0 heterocycles. The first kappa shape index (κ1) is 21.3. The first-order valence-electron chi connectivity index (χ1n) is 9.00. The Bertz CT molecular complexity index is 780. The van der Waals surface area contributed by atoms with Crippen LogP contribution in [0.2, 0.25) is 0 Å². The number of hydroxylamine groups is 1. The lowest BCUT2D eigenvalue weighted by molar-refractivity contribution is -0.214. The minimum absolute atomic E-state index is 0.0575. The number of rotatable bonds is 11. The highest BCUT2D eigenvalue weighted by atomic mass is 16.7. The van der Waals surface area contributed by atoms with Gasteiger partial charge < -0.3 is 5.11 Å². The zero-order valence-electron chi connectivity index (χ0n) is 15.7. The van der Waals surface area contributed by atoms with Crippen molar-refractivity contribution in [1.29, 1.82) is 0 Å². The Hall–Kier alpha value is -3.03. The van der Waals surface area contributed by atoms with Gasteiger partial charge in [-0.15, -0.1) is 5.17 Å².